The highest BCUT2D eigenvalue weighted by Crippen LogP contribution is 2.29. The molecule has 0 spiro atoms. The van der Waals surface area contributed by atoms with Crippen LogP contribution in [-0.4, -0.2) is 4.98 Å². The third-order valence-corrected chi connectivity index (χ3v) is 3.70. The third-order valence-electron chi connectivity index (χ3n) is 3.70. The second kappa shape index (κ2) is 4.56. The van der Waals surface area contributed by atoms with E-state index >= 15 is 0 Å². The van der Waals surface area contributed by atoms with Gasteiger partial charge in [0.05, 0.1) is 5.52 Å². The van der Waals surface area contributed by atoms with Gasteiger partial charge in [0.1, 0.15) is 0 Å². The first-order chi connectivity index (χ1) is 10.3. The lowest BCUT2D eigenvalue weighted by atomic mass is 10.00. The van der Waals surface area contributed by atoms with Gasteiger partial charge in [-0.1, -0.05) is 30.3 Å². The number of benzene rings is 2. The second-order valence-corrected chi connectivity index (χ2v) is 5.03. The Hall–Kier alpha value is -2.94. The molecule has 0 saturated carbocycles. The Morgan fingerprint density at radius 3 is 2.71 bits per heavy atom. The van der Waals surface area contributed by atoms with E-state index in [1.807, 2.05) is 42.6 Å². The molecule has 0 aliphatic carbocycles. The Morgan fingerprint density at radius 2 is 1.76 bits per heavy atom. The normalized spacial score (nSPS) is 11.0. The highest BCUT2D eigenvalue weighted by molar-refractivity contribution is 5.97. The van der Waals surface area contributed by atoms with Gasteiger partial charge in [-0.05, 0) is 23.8 Å². The highest BCUT2D eigenvalue weighted by Gasteiger charge is 2.07. The van der Waals surface area contributed by atoms with Crippen LogP contribution in [0.15, 0.2) is 73.2 Å². The Balaban J connectivity index is 1.99. The van der Waals surface area contributed by atoms with Crippen LogP contribution < -0.4 is 4.73 Å². The average molecular weight is 272 g/mol. The Kier molecular flexibility index (Phi) is 2.57. The van der Waals surface area contributed by atoms with Crippen molar-refractivity contribution in [2.75, 3.05) is 0 Å². The van der Waals surface area contributed by atoms with Gasteiger partial charge in [0, 0.05) is 34.0 Å². The van der Waals surface area contributed by atoms with Crippen LogP contribution in [0.4, 0.5) is 0 Å². The van der Waals surface area contributed by atoms with Crippen LogP contribution >= 0.6 is 0 Å². The van der Waals surface area contributed by atoms with Crippen molar-refractivity contribution in [1.29, 1.82) is 0 Å². The van der Waals surface area contributed by atoms with Crippen LogP contribution in [0.25, 0.3) is 32.8 Å². The summed E-state index contributed by atoms with van der Waals surface area (Å²) in [6, 6.07) is 18.0. The van der Waals surface area contributed by atoms with E-state index in [0.717, 1.165) is 37.5 Å². The average Bonchev–Trinajstić information content (AvgIpc) is 2.53. The minimum Gasteiger partial charge on any atom is -0.619 e. The predicted molar refractivity (Wildman–Crippen MR) is 83.6 cm³/mol. The van der Waals surface area contributed by atoms with Crippen LogP contribution in [-0.2, 0) is 0 Å². The molecular weight excluding hydrogens is 260 g/mol. The van der Waals surface area contributed by atoms with Crippen molar-refractivity contribution in [3.8, 4) is 11.1 Å². The quantitative estimate of drug-likeness (QED) is 0.391. The summed E-state index contributed by atoms with van der Waals surface area (Å²) >= 11 is 0. The molecule has 4 rings (SSSR count). The zero-order valence-electron chi connectivity index (χ0n) is 11.2. The van der Waals surface area contributed by atoms with E-state index in [-0.39, 0.29) is 0 Å². The fourth-order valence-electron chi connectivity index (χ4n) is 2.68. The fraction of sp³-hybridized carbons (Fsp3) is 0. The largest absolute Gasteiger partial charge is 0.619 e. The van der Waals surface area contributed by atoms with Crippen molar-refractivity contribution in [3.05, 3.63) is 78.4 Å². The van der Waals surface area contributed by atoms with Crippen LogP contribution in [0.3, 0.4) is 0 Å². The maximum Gasteiger partial charge on any atom is 0.188 e. The molecule has 100 valence electrons. The van der Waals surface area contributed by atoms with E-state index in [9.17, 15) is 5.21 Å². The first-order valence-corrected chi connectivity index (χ1v) is 6.78. The Morgan fingerprint density at radius 1 is 0.905 bits per heavy atom. The van der Waals surface area contributed by atoms with E-state index in [1.165, 1.54) is 6.20 Å². The molecule has 0 N–H and O–H groups in total. The molecule has 2 heterocycles. The zero-order valence-corrected chi connectivity index (χ0v) is 11.2. The number of hydrogen-bond acceptors (Lipinski definition) is 2. The van der Waals surface area contributed by atoms with Gasteiger partial charge in [-0.3, -0.25) is 4.98 Å². The summed E-state index contributed by atoms with van der Waals surface area (Å²) in [5.74, 6) is 0. The molecule has 4 aromatic rings. The molecule has 0 aliphatic rings. The van der Waals surface area contributed by atoms with Gasteiger partial charge >= 0.3 is 0 Å². The first kappa shape index (κ1) is 11.9. The van der Waals surface area contributed by atoms with Crippen molar-refractivity contribution in [1.82, 2.24) is 4.98 Å². The molecule has 2 aromatic heterocycles. The fourth-order valence-corrected chi connectivity index (χ4v) is 2.68. The van der Waals surface area contributed by atoms with Crippen molar-refractivity contribution < 1.29 is 4.73 Å². The Labute approximate surface area is 121 Å². The molecule has 0 atom stereocenters. The lowest BCUT2D eigenvalue weighted by Crippen LogP contribution is -2.23. The summed E-state index contributed by atoms with van der Waals surface area (Å²) in [5.41, 5.74) is 3.13. The number of fused-ring (bicyclic) bond motifs is 2. The van der Waals surface area contributed by atoms with Crippen molar-refractivity contribution >= 4 is 21.7 Å². The van der Waals surface area contributed by atoms with Gasteiger partial charge in [0.25, 0.3) is 0 Å². The summed E-state index contributed by atoms with van der Waals surface area (Å²) in [5, 5.41) is 14.5. The van der Waals surface area contributed by atoms with Crippen molar-refractivity contribution in [2.45, 2.75) is 0 Å². The van der Waals surface area contributed by atoms with Gasteiger partial charge in [-0.25, -0.2) is 0 Å². The monoisotopic (exact) mass is 272 g/mol. The maximum atomic E-state index is 11.4. The molecule has 0 saturated heterocycles. The molecule has 0 unspecified atom stereocenters. The zero-order chi connectivity index (χ0) is 14.2. The van der Waals surface area contributed by atoms with Gasteiger partial charge in [-0.15, -0.1) is 0 Å². The van der Waals surface area contributed by atoms with E-state index in [4.69, 9.17) is 0 Å². The number of nitrogens with zero attached hydrogens (tertiary/aromatic N) is 2. The lowest BCUT2D eigenvalue weighted by molar-refractivity contribution is -0.603. The summed E-state index contributed by atoms with van der Waals surface area (Å²) in [4.78, 5) is 4.51. The van der Waals surface area contributed by atoms with Gasteiger partial charge in [0.2, 0.25) is 0 Å². The molecule has 0 bridgehead atoms. The van der Waals surface area contributed by atoms with Crippen molar-refractivity contribution in [2.24, 2.45) is 0 Å². The van der Waals surface area contributed by atoms with Gasteiger partial charge < -0.3 is 5.21 Å². The van der Waals surface area contributed by atoms with Crippen LogP contribution in [0.5, 0.6) is 0 Å². The summed E-state index contributed by atoms with van der Waals surface area (Å²) in [6.07, 6.45) is 5.00. The molecule has 0 fully saturated rings. The number of aromatic nitrogens is 2. The molecule has 0 radical (unpaired) electrons. The standard InChI is InChI=1S/C18H12N2O/c21-20-9-8-17-14(12-20)5-3-6-16(17)15-10-13-4-1-2-7-18(13)19-11-15/h1-12H. The number of hydrogen-bond donors (Lipinski definition) is 0. The van der Waals surface area contributed by atoms with Gasteiger partial charge in [-0.2, -0.15) is 4.73 Å². The minimum absolute atomic E-state index is 0.824. The van der Waals surface area contributed by atoms with E-state index in [0.29, 0.717) is 0 Å². The first-order valence-electron chi connectivity index (χ1n) is 6.78. The summed E-state index contributed by atoms with van der Waals surface area (Å²) < 4.78 is 0.824. The third kappa shape index (κ3) is 1.99. The number of pyridine rings is 2. The summed E-state index contributed by atoms with van der Waals surface area (Å²) in [7, 11) is 0. The molecule has 0 amide bonds. The van der Waals surface area contributed by atoms with Crippen LogP contribution in [0.2, 0.25) is 0 Å². The molecule has 3 nitrogen and oxygen atoms in total. The molecule has 2 aromatic carbocycles. The van der Waals surface area contributed by atoms with E-state index < -0.39 is 0 Å². The number of para-hydroxylation sites is 1. The smallest absolute Gasteiger partial charge is 0.188 e. The predicted octanol–water partition coefficient (Wildman–Crippen LogP) is 3.69. The van der Waals surface area contributed by atoms with E-state index in [2.05, 4.69) is 23.2 Å². The topological polar surface area (TPSA) is 39.8 Å². The number of rotatable bonds is 1. The minimum atomic E-state index is 0.824. The van der Waals surface area contributed by atoms with Crippen LogP contribution in [0.1, 0.15) is 0 Å². The second-order valence-electron chi connectivity index (χ2n) is 5.03. The summed E-state index contributed by atoms with van der Waals surface area (Å²) in [6.45, 7) is 0. The highest BCUT2D eigenvalue weighted by atomic mass is 16.5. The van der Waals surface area contributed by atoms with Crippen molar-refractivity contribution in [3.63, 3.8) is 0 Å². The van der Waals surface area contributed by atoms with E-state index in [1.54, 1.807) is 6.20 Å². The molecule has 3 heteroatoms. The molecule has 0 aliphatic heterocycles. The van der Waals surface area contributed by atoms with Gasteiger partial charge in [0.15, 0.2) is 12.4 Å². The molecule has 21 heavy (non-hydrogen) atoms. The Bertz CT molecular complexity index is 963. The SMILES string of the molecule is [O-][n+]1ccc2c(-c3cnc4ccccc4c3)cccc2c1. The van der Waals surface area contributed by atoms with Crippen LogP contribution in [0, 0.1) is 5.21 Å². The molecular formula is C18H12N2O. The maximum absolute atomic E-state index is 11.4. The lowest BCUT2D eigenvalue weighted by Gasteiger charge is -2.07.